The van der Waals surface area contributed by atoms with Gasteiger partial charge in [0.1, 0.15) is 4.88 Å². The highest BCUT2D eigenvalue weighted by Crippen LogP contribution is 2.23. The van der Waals surface area contributed by atoms with Crippen molar-refractivity contribution >= 4 is 22.4 Å². The first kappa shape index (κ1) is 13.3. The lowest BCUT2D eigenvalue weighted by molar-refractivity contribution is 0.0702. The molecule has 1 aliphatic heterocycles. The molecule has 0 radical (unpaired) electrons. The Morgan fingerprint density at radius 2 is 2.22 bits per heavy atom. The van der Waals surface area contributed by atoms with Crippen LogP contribution < -0.4 is 4.90 Å². The molecule has 1 fully saturated rings. The summed E-state index contributed by atoms with van der Waals surface area (Å²) in [5, 5.41) is 18.6. The van der Waals surface area contributed by atoms with E-state index >= 15 is 0 Å². The first-order valence-electron chi connectivity index (χ1n) is 5.98. The molecular weight excluding hydrogens is 254 g/mol. The molecule has 100 valence electrons. The van der Waals surface area contributed by atoms with Crippen molar-refractivity contribution in [2.75, 3.05) is 44.2 Å². The van der Waals surface area contributed by atoms with Gasteiger partial charge in [0, 0.05) is 26.2 Å². The number of rotatable bonds is 4. The van der Waals surface area contributed by atoms with E-state index in [4.69, 9.17) is 10.2 Å². The second kappa shape index (κ2) is 6.12. The lowest BCUT2D eigenvalue weighted by Gasteiger charge is -2.20. The number of aromatic nitrogens is 1. The van der Waals surface area contributed by atoms with Crippen LogP contribution in [0.3, 0.4) is 0 Å². The van der Waals surface area contributed by atoms with Crippen molar-refractivity contribution in [3.63, 3.8) is 0 Å². The van der Waals surface area contributed by atoms with Crippen molar-refractivity contribution in [1.29, 1.82) is 0 Å². The first-order chi connectivity index (χ1) is 8.70. The Morgan fingerprint density at radius 3 is 2.89 bits per heavy atom. The minimum absolute atomic E-state index is 0.181. The maximum absolute atomic E-state index is 10.8. The topological polar surface area (TPSA) is 76.9 Å². The quantitative estimate of drug-likeness (QED) is 0.822. The largest absolute Gasteiger partial charge is 0.477 e. The van der Waals surface area contributed by atoms with Crippen LogP contribution >= 0.6 is 11.3 Å². The van der Waals surface area contributed by atoms with Gasteiger partial charge in [-0.1, -0.05) is 11.3 Å². The second-order valence-corrected chi connectivity index (χ2v) is 5.23. The molecule has 1 aromatic heterocycles. The van der Waals surface area contributed by atoms with Crippen molar-refractivity contribution in [1.82, 2.24) is 9.88 Å². The number of aliphatic hydroxyl groups is 1. The van der Waals surface area contributed by atoms with E-state index in [0.29, 0.717) is 6.54 Å². The number of hydrogen-bond acceptors (Lipinski definition) is 6. The molecule has 0 amide bonds. The minimum Gasteiger partial charge on any atom is -0.477 e. The van der Waals surface area contributed by atoms with Gasteiger partial charge in [-0.3, -0.25) is 4.90 Å². The predicted octanol–water partition coefficient (Wildman–Crippen LogP) is 0.346. The van der Waals surface area contributed by atoms with E-state index in [-0.39, 0.29) is 11.5 Å². The molecule has 0 spiro atoms. The summed E-state index contributed by atoms with van der Waals surface area (Å²) in [7, 11) is 0. The molecule has 2 heterocycles. The molecular formula is C11H17N3O3S. The Morgan fingerprint density at radius 1 is 1.39 bits per heavy atom. The van der Waals surface area contributed by atoms with Gasteiger partial charge in [0.25, 0.3) is 0 Å². The third kappa shape index (κ3) is 3.18. The zero-order chi connectivity index (χ0) is 13.0. The molecule has 6 nitrogen and oxygen atoms in total. The molecule has 0 aromatic carbocycles. The maximum atomic E-state index is 10.8. The summed E-state index contributed by atoms with van der Waals surface area (Å²) in [6, 6.07) is 0. The van der Waals surface area contributed by atoms with Crippen LogP contribution in [0.5, 0.6) is 0 Å². The Balaban J connectivity index is 1.98. The fourth-order valence-corrected chi connectivity index (χ4v) is 2.84. The molecule has 0 saturated carbocycles. The molecule has 0 bridgehead atoms. The van der Waals surface area contributed by atoms with E-state index in [2.05, 4.69) is 14.8 Å². The monoisotopic (exact) mass is 271 g/mol. The average molecular weight is 271 g/mol. The smallest absolute Gasteiger partial charge is 0.347 e. The second-order valence-electron chi connectivity index (χ2n) is 4.22. The third-order valence-electron chi connectivity index (χ3n) is 2.98. The molecule has 0 atom stereocenters. The molecule has 0 unspecified atom stereocenters. The summed E-state index contributed by atoms with van der Waals surface area (Å²) in [5.41, 5.74) is 0. The number of nitrogens with zero attached hydrogens (tertiary/aromatic N) is 3. The molecule has 1 saturated heterocycles. The molecule has 7 heteroatoms. The maximum Gasteiger partial charge on any atom is 0.347 e. The summed E-state index contributed by atoms with van der Waals surface area (Å²) in [5.74, 6) is -0.921. The number of aromatic carboxylic acids is 1. The number of β-amino-alcohol motifs (C(OH)–C–C–N with tert-alkyl or cyclic N) is 1. The van der Waals surface area contributed by atoms with Crippen LogP contribution in [0.4, 0.5) is 5.13 Å². The van der Waals surface area contributed by atoms with E-state index in [1.165, 1.54) is 17.5 Å². The van der Waals surface area contributed by atoms with Crippen LogP contribution in [0.25, 0.3) is 0 Å². The zero-order valence-electron chi connectivity index (χ0n) is 10.1. The van der Waals surface area contributed by atoms with Crippen molar-refractivity contribution in [3.8, 4) is 0 Å². The van der Waals surface area contributed by atoms with Gasteiger partial charge in [-0.25, -0.2) is 9.78 Å². The third-order valence-corrected chi connectivity index (χ3v) is 4.03. The van der Waals surface area contributed by atoms with Gasteiger partial charge in [-0.2, -0.15) is 0 Å². The summed E-state index contributed by atoms with van der Waals surface area (Å²) in [4.78, 5) is 19.6. The SMILES string of the molecule is O=C(O)c1cnc(N2CCCN(CCO)CC2)s1. The number of anilines is 1. The van der Waals surface area contributed by atoms with Gasteiger partial charge in [0.15, 0.2) is 5.13 Å². The molecule has 0 aliphatic carbocycles. The minimum atomic E-state index is -0.921. The predicted molar refractivity (Wildman–Crippen MR) is 69.4 cm³/mol. The van der Waals surface area contributed by atoms with Crippen LogP contribution in [0.15, 0.2) is 6.20 Å². The van der Waals surface area contributed by atoms with Crippen molar-refractivity contribution in [3.05, 3.63) is 11.1 Å². The Labute approximate surface area is 109 Å². The van der Waals surface area contributed by atoms with Gasteiger partial charge in [-0.05, 0) is 13.0 Å². The van der Waals surface area contributed by atoms with Crippen LogP contribution in [0.1, 0.15) is 16.1 Å². The molecule has 2 rings (SSSR count). The highest BCUT2D eigenvalue weighted by Gasteiger charge is 2.18. The van der Waals surface area contributed by atoms with E-state index in [0.717, 1.165) is 37.7 Å². The van der Waals surface area contributed by atoms with E-state index in [1.807, 2.05) is 0 Å². The first-order valence-corrected chi connectivity index (χ1v) is 6.79. The lowest BCUT2D eigenvalue weighted by atomic mass is 10.4. The number of aliphatic hydroxyl groups excluding tert-OH is 1. The van der Waals surface area contributed by atoms with Crippen LogP contribution in [-0.2, 0) is 0 Å². The summed E-state index contributed by atoms with van der Waals surface area (Å²) >= 11 is 1.22. The Bertz CT molecular complexity index is 410. The van der Waals surface area contributed by atoms with Crippen LogP contribution in [0, 0.1) is 0 Å². The molecule has 2 N–H and O–H groups in total. The molecule has 1 aliphatic rings. The lowest BCUT2D eigenvalue weighted by Crippen LogP contribution is -2.32. The van der Waals surface area contributed by atoms with E-state index < -0.39 is 5.97 Å². The van der Waals surface area contributed by atoms with Crippen molar-refractivity contribution in [2.24, 2.45) is 0 Å². The van der Waals surface area contributed by atoms with Crippen LogP contribution in [-0.4, -0.2) is 65.4 Å². The Kier molecular flexibility index (Phi) is 4.51. The Hall–Kier alpha value is -1.18. The average Bonchev–Trinajstić information content (AvgIpc) is 2.72. The van der Waals surface area contributed by atoms with Crippen molar-refractivity contribution in [2.45, 2.75) is 6.42 Å². The fraction of sp³-hybridized carbons (Fsp3) is 0.636. The normalized spacial score (nSPS) is 17.7. The zero-order valence-corrected chi connectivity index (χ0v) is 10.9. The number of hydrogen-bond donors (Lipinski definition) is 2. The van der Waals surface area contributed by atoms with Gasteiger partial charge >= 0.3 is 5.97 Å². The highest BCUT2D eigenvalue weighted by molar-refractivity contribution is 7.17. The van der Waals surface area contributed by atoms with Gasteiger partial charge < -0.3 is 15.1 Å². The number of thiazole rings is 1. The van der Waals surface area contributed by atoms with Gasteiger partial charge in [0.2, 0.25) is 0 Å². The summed E-state index contributed by atoms with van der Waals surface area (Å²) < 4.78 is 0. The van der Waals surface area contributed by atoms with Gasteiger partial charge in [-0.15, -0.1) is 0 Å². The molecule has 18 heavy (non-hydrogen) atoms. The van der Waals surface area contributed by atoms with E-state index in [9.17, 15) is 4.79 Å². The molecule has 1 aromatic rings. The van der Waals surface area contributed by atoms with Crippen LogP contribution in [0.2, 0.25) is 0 Å². The van der Waals surface area contributed by atoms with E-state index in [1.54, 1.807) is 0 Å². The summed E-state index contributed by atoms with van der Waals surface area (Å²) in [6.07, 6.45) is 2.42. The summed E-state index contributed by atoms with van der Waals surface area (Å²) in [6.45, 7) is 4.43. The van der Waals surface area contributed by atoms with Gasteiger partial charge in [0.05, 0.1) is 12.8 Å². The number of carbonyl (C=O) groups is 1. The fourth-order valence-electron chi connectivity index (χ4n) is 2.04. The standard InChI is InChI=1S/C11H17N3O3S/c15-7-6-13-2-1-3-14(5-4-13)11-12-8-9(18-11)10(16)17/h8,15H,1-7H2,(H,16,17). The highest BCUT2D eigenvalue weighted by atomic mass is 32.1. The number of carboxylic acids is 1. The van der Waals surface area contributed by atoms with Crippen molar-refractivity contribution < 1.29 is 15.0 Å². The number of carboxylic acid groups (broad SMARTS) is 1.